The molecular weight excluding hydrogens is 576 g/mol. The smallest absolute Gasteiger partial charge is 0.304 e. The van der Waals surface area contributed by atoms with Crippen molar-refractivity contribution in [2.45, 2.75) is 83.2 Å². The second kappa shape index (κ2) is 12.2. The van der Waals surface area contributed by atoms with Crippen LogP contribution in [-0.4, -0.2) is 67.3 Å². The van der Waals surface area contributed by atoms with Crippen LogP contribution in [0.25, 0.3) is 10.9 Å². The van der Waals surface area contributed by atoms with Gasteiger partial charge in [-0.2, -0.15) is 12.7 Å². The van der Waals surface area contributed by atoms with Crippen molar-refractivity contribution in [3.63, 3.8) is 0 Å². The molecule has 9 nitrogen and oxygen atoms in total. The largest absolute Gasteiger partial charge is 0.497 e. The standard InChI is InChI=1S/C34H44N4O5S/c1-22(2)38-17-9-8-16-36(3)34(40)26-18-25-19-27(43-4)13-15-28(25)32-31(23-10-6-5-7-11-23)29-14-12-24(20-30(29)37(32)21-26)33(39)35-44(38,41)42/h12-15,18-20,22-23,25,28H,5-11,16-17,21H2,1-4H3,(H,35,39). The highest BCUT2D eigenvalue weighted by atomic mass is 32.2. The van der Waals surface area contributed by atoms with E-state index in [4.69, 9.17) is 4.74 Å². The van der Waals surface area contributed by atoms with Gasteiger partial charge in [0.2, 0.25) is 0 Å². The maximum absolute atomic E-state index is 14.1. The molecule has 2 aliphatic heterocycles. The van der Waals surface area contributed by atoms with Gasteiger partial charge in [-0.25, -0.2) is 4.72 Å². The van der Waals surface area contributed by atoms with Gasteiger partial charge in [-0.3, -0.25) is 9.59 Å². The number of nitrogens with zero attached hydrogens (tertiary/aromatic N) is 3. The molecule has 2 amide bonds. The van der Waals surface area contributed by atoms with Crippen LogP contribution in [0.3, 0.4) is 0 Å². The minimum atomic E-state index is -4.07. The van der Waals surface area contributed by atoms with Crippen molar-refractivity contribution >= 4 is 32.9 Å². The zero-order valence-corrected chi connectivity index (χ0v) is 27.0. The number of rotatable bonds is 3. The van der Waals surface area contributed by atoms with Gasteiger partial charge in [0.05, 0.1) is 13.7 Å². The van der Waals surface area contributed by atoms with Gasteiger partial charge in [-0.15, -0.1) is 0 Å². The topological polar surface area (TPSA) is 101 Å². The fourth-order valence-electron chi connectivity index (χ4n) is 7.57. The Morgan fingerprint density at radius 2 is 1.75 bits per heavy atom. The third-order valence-corrected chi connectivity index (χ3v) is 11.4. The molecular formula is C34H44N4O5S. The number of aromatic nitrogens is 1. The van der Waals surface area contributed by atoms with E-state index in [2.05, 4.69) is 27.5 Å². The Morgan fingerprint density at radius 1 is 1.00 bits per heavy atom. The molecule has 1 aromatic carbocycles. The fraction of sp³-hybridized carbons (Fsp3) is 0.529. The lowest BCUT2D eigenvalue weighted by Crippen LogP contribution is -2.47. The van der Waals surface area contributed by atoms with E-state index in [1.807, 2.05) is 25.3 Å². The number of carbonyl (C=O) groups is 2. The Balaban J connectivity index is 1.57. The normalized spacial score (nSPS) is 25.2. The summed E-state index contributed by atoms with van der Waals surface area (Å²) in [7, 11) is -0.582. The van der Waals surface area contributed by atoms with Crippen molar-refractivity contribution in [3.8, 4) is 0 Å². The van der Waals surface area contributed by atoms with E-state index in [0.717, 1.165) is 29.5 Å². The summed E-state index contributed by atoms with van der Waals surface area (Å²) < 4.78 is 38.3. The van der Waals surface area contributed by atoms with Gasteiger partial charge in [0.1, 0.15) is 5.76 Å². The van der Waals surface area contributed by atoms with Crippen molar-refractivity contribution in [1.82, 2.24) is 18.5 Å². The highest BCUT2D eigenvalue weighted by Crippen LogP contribution is 2.48. The van der Waals surface area contributed by atoms with Crippen molar-refractivity contribution in [3.05, 3.63) is 70.7 Å². The molecule has 10 heteroatoms. The Labute approximate surface area is 260 Å². The second-order valence-corrected chi connectivity index (χ2v) is 14.6. The SMILES string of the molecule is COC1=CC2C=C3Cn4c(c(C5CCCCC5)c5ccc(cc54)C(=O)NS(=O)(=O)N(C(C)C)CCCCN(C)C3=O)C2C=C1. The molecule has 1 aromatic heterocycles. The summed E-state index contributed by atoms with van der Waals surface area (Å²) in [6, 6.07) is 5.22. The molecule has 1 fully saturated rings. The van der Waals surface area contributed by atoms with E-state index in [-0.39, 0.29) is 35.9 Å². The van der Waals surface area contributed by atoms with Gasteiger partial charge in [-0.1, -0.05) is 37.5 Å². The van der Waals surface area contributed by atoms with Crippen molar-refractivity contribution < 1.29 is 22.7 Å². The predicted molar refractivity (Wildman–Crippen MR) is 171 cm³/mol. The van der Waals surface area contributed by atoms with Crippen LogP contribution >= 0.6 is 0 Å². The molecule has 2 aliphatic carbocycles. The molecule has 44 heavy (non-hydrogen) atoms. The quantitative estimate of drug-likeness (QED) is 0.498. The first-order chi connectivity index (χ1) is 21.1. The van der Waals surface area contributed by atoms with Crippen molar-refractivity contribution in [2.75, 3.05) is 27.2 Å². The first kappa shape index (κ1) is 30.6. The van der Waals surface area contributed by atoms with Crippen LogP contribution in [0.2, 0.25) is 0 Å². The Bertz CT molecular complexity index is 1660. The molecule has 236 valence electrons. The molecule has 2 aromatic rings. The zero-order chi connectivity index (χ0) is 31.2. The van der Waals surface area contributed by atoms with Crippen LogP contribution in [-0.2, 0) is 26.3 Å². The minimum absolute atomic E-state index is 0.00632. The van der Waals surface area contributed by atoms with E-state index in [9.17, 15) is 18.0 Å². The minimum Gasteiger partial charge on any atom is -0.497 e. The number of hydrogen-bond acceptors (Lipinski definition) is 5. The number of amides is 2. The maximum atomic E-state index is 14.1. The number of benzene rings is 1. The summed E-state index contributed by atoms with van der Waals surface area (Å²) in [5.74, 6) is 0.396. The van der Waals surface area contributed by atoms with Gasteiger partial charge < -0.3 is 14.2 Å². The number of fused-ring (bicyclic) bond motifs is 4. The van der Waals surface area contributed by atoms with E-state index in [1.54, 1.807) is 31.9 Å². The molecule has 2 unspecified atom stereocenters. The van der Waals surface area contributed by atoms with Gasteiger partial charge in [0.15, 0.2) is 0 Å². The predicted octanol–water partition coefficient (Wildman–Crippen LogP) is 5.37. The number of nitrogens with one attached hydrogen (secondary N) is 1. The lowest BCUT2D eigenvalue weighted by atomic mass is 9.77. The first-order valence-electron chi connectivity index (χ1n) is 16.0. The van der Waals surface area contributed by atoms with E-state index in [1.165, 1.54) is 34.8 Å². The molecule has 0 radical (unpaired) electrons. The molecule has 4 aliphatic rings. The average molecular weight is 621 g/mol. The first-order valence-corrected chi connectivity index (χ1v) is 17.4. The Morgan fingerprint density at radius 3 is 2.48 bits per heavy atom. The third kappa shape index (κ3) is 5.62. The summed E-state index contributed by atoms with van der Waals surface area (Å²) in [4.78, 5) is 29.4. The molecule has 0 saturated heterocycles. The number of methoxy groups -OCH3 is 1. The maximum Gasteiger partial charge on any atom is 0.304 e. The summed E-state index contributed by atoms with van der Waals surface area (Å²) in [5, 5.41) is 1.08. The Kier molecular flexibility index (Phi) is 8.50. The lowest BCUT2D eigenvalue weighted by molar-refractivity contribution is -0.126. The number of ether oxygens (including phenoxy) is 1. The third-order valence-electron chi connectivity index (χ3n) is 9.78. The monoisotopic (exact) mass is 620 g/mol. The van der Waals surface area contributed by atoms with Gasteiger partial charge >= 0.3 is 10.2 Å². The number of likely N-dealkylation sites (N-methyl/N-ethyl adjacent to an activating group) is 1. The van der Waals surface area contributed by atoms with Crippen LogP contribution in [0.4, 0.5) is 0 Å². The van der Waals surface area contributed by atoms with Crippen LogP contribution in [0, 0.1) is 5.92 Å². The average Bonchev–Trinajstić information content (AvgIpc) is 3.22. The molecule has 1 saturated carbocycles. The number of hydrogen-bond donors (Lipinski definition) is 1. The zero-order valence-electron chi connectivity index (χ0n) is 26.2. The summed E-state index contributed by atoms with van der Waals surface area (Å²) in [6.45, 7) is 4.73. The van der Waals surface area contributed by atoms with E-state index < -0.39 is 16.1 Å². The number of allylic oxidation sites excluding steroid dienone is 4. The van der Waals surface area contributed by atoms with Crippen LogP contribution in [0.1, 0.15) is 92.2 Å². The second-order valence-electron chi connectivity index (χ2n) is 13.0. The van der Waals surface area contributed by atoms with Gasteiger partial charge in [-0.05, 0) is 75.3 Å². The summed E-state index contributed by atoms with van der Waals surface area (Å²) >= 11 is 0. The Hall–Kier alpha value is -3.37. The fourth-order valence-corrected chi connectivity index (χ4v) is 8.97. The van der Waals surface area contributed by atoms with Gasteiger partial charge in [0.25, 0.3) is 11.8 Å². The summed E-state index contributed by atoms with van der Waals surface area (Å²) in [6.07, 6.45) is 15.4. The molecule has 2 atom stereocenters. The summed E-state index contributed by atoms with van der Waals surface area (Å²) in [5.41, 5.74) is 4.33. The van der Waals surface area contributed by atoms with E-state index in [0.29, 0.717) is 37.4 Å². The lowest BCUT2D eigenvalue weighted by Gasteiger charge is -2.28. The van der Waals surface area contributed by atoms with Crippen LogP contribution in [0.15, 0.2) is 53.8 Å². The number of carbonyl (C=O) groups excluding carboxylic acids is 2. The van der Waals surface area contributed by atoms with Crippen LogP contribution in [0.5, 0.6) is 0 Å². The highest BCUT2D eigenvalue weighted by Gasteiger charge is 2.37. The van der Waals surface area contributed by atoms with Crippen molar-refractivity contribution in [1.29, 1.82) is 0 Å². The van der Waals surface area contributed by atoms with E-state index >= 15 is 0 Å². The molecule has 4 bridgehead atoms. The highest BCUT2D eigenvalue weighted by molar-refractivity contribution is 7.87. The van der Waals surface area contributed by atoms with Gasteiger partial charge in [0, 0.05) is 65.7 Å². The molecule has 1 N–H and O–H groups in total. The molecule has 3 heterocycles. The van der Waals surface area contributed by atoms with Crippen molar-refractivity contribution in [2.24, 2.45) is 5.92 Å². The van der Waals surface area contributed by atoms with Crippen LogP contribution < -0.4 is 4.72 Å². The molecule has 0 spiro atoms. The molecule has 6 rings (SSSR count).